The molecule has 0 saturated heterocycles. The number of carbonyl (C=O) groups excluding carboxylic acids is 1. The van der Waals surface area contributed by atoms with Gasteiger partial charge in [-0.15, -0.1) is 5.10 Å². The number of hydrogen-bond acceptors (Lipinski definition) is 9. The van der Waals surface area contributed by atoms with E-state index in [2.05, 4.69) is 10.4 Å². The average Bonchev–Trinajstić information content (AvgIpc) is 3.41. The fraction of sp³-hybridized carbons (Fsp3) is 0.360. The zero-order valence-electron chi connectivity index (χ0n) is 20.1. The molecule has 3 aromatic rings. The van der Waals surface area contributed by atoms with Crippen LogP contribution in [0.15, 0.2) is 36.4 Å². The minimum atomic E-state index is -0.679. The highest BCUT2D eigenvalue weighted by atomic mass is 19.1. The Kier molecular flexibility index (Phi) is 8.36. The first kappa shape index (κ1) is 25.4. The Morgan fingerprint density at radius 2 is 1.78 bits per heavy atom. The van der Waals surface area contributed by atoms with Gasteiger partial charge in [-0.2, -0.15) is 4.68 Å². The molecule has 2 aromatic carbocycles. The molecule has 0 atom stereocenters. The maximum Gasteiger partial charge on any atom is 0.435 e. The van der Waals surface area contributed by atoms with Crippen LogP contribution in [0, 0.1) is 5.82 Å². The van der Waals surface area contributed by atoms with E-state index in [1.165, 1.54) is 23.9 Å². The third kappa shape index (κ3) is 5.59. The Bertz CT molecular complexity index is 1210. The number of anilines is 2. The van der Waals surface area contributed by atoms with E-state index < -0.39 is 11.9 Å². The van der Waals surface area contributed by atoms with Gasteiger partial charge in [-0.3, -0.25) is 0 Å². The molecule has 0 bridgehead atoms. The number of aliphatic hydroxyl groups is 1. The van der Waals surface area contributed by atoms with Gasteiger partial charge in [0.2, 0.25) is 0 Å². The molecule has 4 rings (SSSR count). The van der Waals surface area contributed by atoms with Crippen LogP contribution in [0.2, 0.25) is 0 Å². The van der Waals surface area contributed by atoms with Crippen LogP contribution in [0.3, 0.4) is 0 Å². The maximum absolute atomic E-state index is 13.7. The molecule has 0 amide bonds. The van der Waals surface area contributed by atoms with E-state index in [1.54, 1.807) is 25.3 Å². The molecule has 11 heteroatoms. The first-order valence-corrected chi connectivity index (χ1v) is 11.4. The second-order valence-electron chi connectivity index (χ2n) is 7.83. The number of benzene rings is 2. The van der Waals surface area contributed by atoms with Gasteiger partial charge >= 0.3 is 6.09 Å². The average molecular weight is 502 g/mol. The van der Waals surface area contributed by atoms with Gasteiger partial charge in [0.15, 0.2) is 17.3 Å². The molecule has 1 aliphatic carbocycles. The summed E-state index contributed by atoms with van der Waals surface area (Å²) in [6.45, 7) is 1.02. The third-order valence-corrected chi connectivity index (χ3v) is 5.54. The summed E-state index contributed by atoms with van der Waals surface area (Å²) in [7, 11) is 3.10. The van der Waals surface area contributed by atoms with E-state index in [0.29, 0.717) is 48.3 Å². The summed E-state index contributed by atoms with van der Waals surface area (Å²) in [6.07, 6.45) is -0.200. The summed E-state index contributed by atoms with van der Waals surface area (Å²) in [4.78, 5) is 13.0. The highest BCUT2D eigenvalue weighted by Crippen LogP contribution is 2.45. The van der Waals surface area contributed by atoms with Crippen molar-refractivity contribution in [2.24, 2.45) is 0 Å². The highest BCUT2D eigenvalue weighted by molar-refractivity contribution is 5.88. The van der Waals surface area contributed by atoms with E-state index in [1.807, 2.05) is 6.07 Å². The van der Waals surface area contributed by atoms with Crippen molar-refractivity contribution in [2.45, 2.75) is 6.42 Å². The topological polar surface area (TPSA) is 113 Å². The summed E-state index contributed by atoms with van der Waals surface area (Å²) in [5, 5.41) is 16.3. The molecule has 1 aliphatic rings. The van der Waals surface area contributed by atoms with Gasteiger partial charge < -0.3 is 34.1 Å². The summed E-state index contributed by atoms with van der Waals surface area (Å²) in [5.41, 5.74) is 3.51. The monoisotopic (exact) mass is 501 g/mol. The van der Waals surface area contributed by atoms with Crippen molar-refractivity contribution in [1.29, 1.82) is 0 Å². The molecule has 1 heterocycles. The van der Waals surface area contributed by atoms with Crippen molar-refractivity contribution >= 4 is 17.6 Å². The molecule has 0 saturated carbocycles. The van der Waals surface area contributed by atoms with Gasteiger partial charge in [0.1, 0.15) is 12.4 Å². The van der Waals surface area contributed by atoms with Gasteiger partial charge in [0.25, 0.3) is 0 Å². The van der Waals surface area contributed by atoms with Crippen LogP contribution in [-0.2, 0) is 20.6 Å². The molecule has 0 spiro atoms. The predicted octanol–water partition coefficient (Wildman–Crippen LogP) is 3.36. The highest BCUT2D eigenvalue weighted by Gasteiger charge is 2.32. The first-order chi connectivity index (χ1) is 17.5. The molecule has 0 aliphatic heterocycles. The molecular weight excluding hydrogens is 473 g/mol. The largest absolute Gasteiger partial charge is 0.493 e. The van der Waals surface area contributed by atoms with Crippen molar-refractivity contribution in [3.8, 4) is 22.8 Å². The van der Waals surface area contributed by atoms with Crippen molar-refractivity contribution in [3.63, 3.8) is 0 Å². The smallest absolute Gasteiger partial charge is 0.435 e. The second-order valence-corrected chi connectivity index (χ2v) is 7.83. The van der Waals surface area contributed by atoms with Crippen molar-refractivity contribution in [2.75, 3.05) is 59.2 Å². The lowest BCUT2D eigenvalue weighted by molar-refractivity contribution is 0.0185. The third-order valence-electron chi connectivity index (χ3n) is 5.54. The zero-order chi connectivity index (χ0) is 25.5. The number of nitrogens with zero attached hydrogens (tertiary/aromatic N) is 2. The molecule has 192 valence electrons. The molecular formula is C25H28FN3O7. The van der Waals surface area contributed by atoms with Crippen LogP contribution in [0.25, 0.3) is 11.3 Å². The normalized spacial score (nSPS) is 11.7. The molecule has 0 radical (unpaired) electrons. The Morgan fingerprint density at radius 3 is 2.50 bits per heavy atom. The Morgan fingerprint density at radius 1 is 1.06 bits per heavy atom. The number of carbonyl (C=O) groups is 1. The van der Waals surface area contributed by atoms with Crippen molar-refractivity contribution in [3.05, 3.63) is 53.3 Å². The minimum Gasteiger partial charge on any atom is -0.493 e. The van der Waals surface area contributed by atoms with E-state index in [0.717, 1.165) is 16.7 Å². The van der Waals surface area contributed by atoms with Gasteiger partial charge in [0.05, 0.1) is 52.9 Å². The van der Waals surface area contributed by atoms with Crippen LogP contribution in [0.1, 0.15) is 11.1 Å². The van der Waals surface area contributed by atoms with Gasteiger partial charge in [0, 0.05) is 23.2 Å². The number of aliphatic hydroxyl groups excluding tert-OH is 1. The number of nitrogens with one attached hydrogen (secondary N) is 1. The fourth-order valence-corrected chi connectivity index (χ4v) is 3.94. The quantitative estimate of drug-likeness (QED) is 0.282. The van der Waals surface area contributed by atoms with Crippen LogP contribution >= 0.6 is 0 Å². The van der Waals surface area contributed by atoms with Crippen LogP contribution in [0.4, 0.5) is 20.7 Å². The number of methoxy groups -OCH3 is 2. The molecule has 0 fully saturated rings. The molecule has 10 nitrogen and oxygen atoms in total. The van der Waals surface area contributed by atoms with Crippen LogP contribution < -0.4 is 14.8 Å². The lowest BCUT2D eigenvalue weighted by atomic mass is 10.1. The number of rotatable bonds is 12. The van der Waals surface area contributed by atoms with E-state index in [-0.39, 0.29) is 26.4 Å². The lowest BCUT2D eigenvalue weighted by Gasteiger charge is -2.12. The van der Waals surface area contributed by atoms with Crippen LogP contribution in [-0.4, -0.2) is 74.8 Å². The van der Waals surface area contributed by atoms with Gasteiger partial charge in [-0.1, -0.05) is 6.07 Å². The number of halogens is 1. The van der Waals surface area contributed by atoms with Gasteiger partial charge in [-0.05, 0) is 35.9 Å². The lowest BCUT2D eigenvalue weighted by Crippen LogP contribution is -2.19. The second kappa shape index (κ2) is 11.8. The fourth-order valence-electron chi connectivity index (χ4n) is 3.94. The summed E-state index contributed by atoms with van der Waals surface area (Å²) in [5.74, 6) is 1.11. The van der Waals surface area contributed by atoms with Gasteiger partial charge in [-0.25, -0.2) is 9.18 Å². The van der Waals surface area contributed by atoms with Crippen LogP contribution in [0.5, 0.6) is 11.5 Å². The summed E-state index contributed by atoms with van der Waals surface area (Å²) >= 11 is 0. The number of ether oxygens (including phenoxy) is 5. The predicted molar refractivity (Wildman–Crippen MR) is 129 cm³/mol. The SMILES string of the molecule is COc1cc2c(cc1OC)-c1c(c(Nc3cccc(F)c3)nn1C(=O)OCCOCCOCCO)C2. The summed E-state index contributed by atoms with van der Waals surface area (Å²) in [6, 6.07) is 9.65. The number of aromatic nitrogens is 2. The summed E-state index contributed by atoms with van der Waals surface area (Å²) < 4.78 is 41.7. The first-order valence-electron chi connectivity index (χ1n) is 11.4. The van der Waals surface area contributed by atoms with Crippen molar-refractivity contribution in [1.82, 2.24) is 9.78 Å². The van der Waals surface area contributed by atoms with E-state index in [9.17, 15) is 9.18 Å². The standard InChI is InChI=1S/C25H28FN3O7/c1-32-21-13-16-12-20-23(19(16)15-22(21)33-2)29(25(31)36-11-10-35-9-8-34-7-6-30)28-24(20)27-18-5-3-4-17(26)14-18/h3-5,13-15,30H,6-12H2,1-2H3,(H,27,28). The Balaban J connectivity index is 1.56. The number of hydrogen-bond donors (Lipinski definition) is 2. The number of fused-ring (bicyclic) bond motifs is 3. The van der Waals surface area contributed by atoms with Crippen molar-refractivity contribution < 1.29 is 38.0 Å². The Labute approximate surface area is 207 Å². The maximum atomic E-state index is 13.7. The van der Waals surface area contributed by atoms with E-state index in [4.69, 9.17) is 28.8 Å². The minimum absolute atomic E-state index is 0.0128. The molecule has 36 heavy (non-hydrogen) atoms. The zero-order valence-corrected chi connectivity index (χ0v) is 20.1. The Hall–Kier alpha value is -3.67. The molecule has 0 unspecified atom stereocenters. The van der Waals surface area contributed by atoms with E-state index >= 15 is 0 Å². The molecule has 2 N–H and O–H groups in total. The molecule has 1 aromatic heterocycles.